The van der Waals surface area contributed by atoms with Crippen LogP contribution in [0.25, 0.3) is 22.0 Å². The first kappa shape index (κ1) is 22.8. The van der Waals surface area contributed by atoms with Crippen molar-refractivity contribution in [1.29, 1.82) is 0 Å². The van der Waals surface area contributed by atoms with Crippen molar-refractivity contribution in [2.45, 2.75) is 31.3 Å². The van der Waals surface area contributed by atoms with Gasteiger partial charge in [0, 0.05) is 49.9 Å². The van der Waals surface area contributed by atoms with E-state index in [2.05, 4.69) is 75.8 Å². The first-order valence-electron chi connectivity index (χ1n) is 13.0. The Morgan fingerprint density at radius 2 is 1.78 bits per heavy atom. The maximum atomic E-state index is 12.4. The standard InChI is InChI=1S/C30H33N5O/c1-34-29(17-28(33-34)25-12-11-22-9-5-6-10-23(22)15-25)27-20-35-14-13-24(27)16-26(35)19-32-30(36)31-18-21-7-3-2-4-8-21/h2-12,15,17,24,26-27H,13-14,16,18-20H2,1H3,(H2,31,32,36)/t24-,26+,27-/m0/s1. The van der Waals surface area contributed by atoms with Crippen LogP contribution in [-0.4, -0.2) is 46.4 Å². The monoisotopic (exact) mass is 479 g/mol. The summed E-state index contributed by atoms with van der Waals surface area (Å²) in [5, 5.41) is 13.5. The Labute approximate surface area is 212 Å². The quantitative estimate of drug-likeness (QED) is 0.413. The first-order valence-corrected chi connectivity index (χ1v) is 13.0. The van der Waals surface area contributed by atoms with Crippen molar-refractivity contribution in [1.82, 2.24) is 25.3 Å². The molecule has 0 aliphatic carbocycles. The lowest BCUT2D eigenvalue weighted by molar-refractivity contribution is 0.0294. The Hall–Kier alpha value is -3.64. The lowest BCUT2D eigenvalue weighted by atomic mass is 9.74. The van der Waals surface area contributed by atoms with E-state index < -0.39 is 0 Å². The second-order valence-electron chi connectivity index (χ2n) is 10.2. The van der Waals surface area contributed by atoms with Crippen LogP contribution in [0.1, 0.15) is 30.0 Å². The van der Waals surface area contributed by atoms with Gasteiger partial charge in [-0.1, -0.05) is 66.7 Å². The zero-order valence-electron chi connectivity index (χ0n) is 20.7. The van der Waals surface area contributed by atoms with Crippen LogP contribution < -0.4 is 10.6 Å². The van der Waals surface area contributed by atoms with Gasteiger partial charge in [-0.15, -0.1) is 0 Å². The van der Waals surface area contributed by atoms with Gasteiger partial charge in [0.15, 0.2) is 0 Å². The number of carbonyl (C=O) groups excluding carboxylic acids is 1. The third-order valence-electron chi connectivity index (χ3n) is 8.01. The minimum atomic E-state index is -0.0929. The van der Waals surface area contributed by atoms with Crippen LogP contribution in [0.4, 0.5) is 4.79 Å². The number of carbonyl (C=O) groups is 1. The molecule has 4 aromatic rings. The highest BCUT2D eigenvalue weighted by molar-refractivity contribution is 5.86. The van der Waals surface area contributed by atoms with Gasteiger partial charge >= 0.3 is 6.03 Å². The number of fused-ring (bicyclic) bond motifs is 4. The van der Waals surface area contributed by atoms with Crippen molar-refractivity contribution in [3.05, 3.63) is 90.1 Å². The van der Waals surface area contributed by atoms with E-state index in [1.54, 1.807) is 0 Å². The van der Waals surface area contributed by atoms with Crippen molar-refractivity contribution in [2.75, 3.05) is 19.6 Å². The number of nitrogens with zero attached hydrogens (tertiary/aromatic N) is 3. The molecule has 3 saturated heterocycles. The number of urea groups is 1. The second kappa shape index (κ2) is 9.78. The molecule has 3 aliphatic heterocycles. The van der Waals surface area contributed by atoms with Crippen LogP contribution in [0, 0.1) is 5.92 Å². The fourth-order valence-electron chi connectivity index (χ4n) is 6.06. The number of aryl methyl sites for hydroxylation is 1. The molecule has 6 heteroatoms. The van der Waals surface area contributed by atoms with Gasteiger partial charge in [-0.05, 0) is 53.8 Å². The number of piperidine rings is 3. The summed E-state index contributed by atoms with van der Waals surface area (Å²) in [4.78, 5) is 14.9. The third kappa shape index (κ3) is 4.61. The van der Waals surface area contributed by atoms with Crippen molar-refractivity contribution < 1.29 is 4.79 Å². The highest BCUT2D eigenvalue weighted by Gasteiger charge is 2.41. The summed E-state index contributed by atoms with van der Waals surface area (Å²) in [7, 11) is 2.08. The smallest absolute Gasteiger partial charge is 0.315 e. The molecule has 4 heterocycles. The zero-order valence-corrected chi connectivity index (χ0v) is 20.7. The van der Waals surface area contributed by atoms with Crippen molar-refractivity contribution in [3.8, 4) is 11.3 Å². The SMILES string of the molecule is Cn1nc(-c2ccc3ccccc3c2)cc1[C@H]1CN2CC[C@H]1C[C@@H]2CNC(=O)NCc1ccccc1. The molecule has 1 unspecified atom stereocenters. The van der Waals surface area contributed by atoms with E-state index in [1.165, 1.54) is 28.5 Å². The van der Waals surface area contributed by atoms with Crippen LogP contribution in [-0.2, 0) is 13.6 Å². The number of nitrogens with one attached hydrogen (secondary N) is 2. The predicted octanol–water partition coefficient (Wildman–Crippen LogP) is 4.92. The molecule has 3 fully saturated rings. The Bertz CT molecular complexity index is 1360. The van der Waals surface area contributed by atoms with Crippen molar-refractivity contribution in [2.24, 2.45) is 13.0 Å². The average Bonchev–Trinajstić information content (AvgIpc) is 3.32. The van der Waals surface area contributed by atoms with E-state index in [0.29, 0.717) is 31.0 Å². The molecule has 36 heavy (non-hydrogen) atoms. The molecule has 0 saturated carbocycles. The Balaban J connectivity index is 1.09. The molecule has 2 N–H and O–H groups in total. The van der Waals surface area contributed by atoms with Crippen molar-refractivity contribution >= 4 is 16.8 Å². The van der Waals surface area contributed by atoms with Crippen LogP contribution >= 0.6 is 0 Å². The van der Waals surface area contributed by atoms with Gasteiger partial charge in [0.1, 0.15) is 0 Å². The fraction of sp³-hybridized carbons (Fsp3) is 0.333. The van der Waals surface area contributed by atoms with Gasteiger partial charge in [0.2, 0.25) is 0 Å². The summed E-state index contributed by atoms with van der Waals surface area (Å²) in [5.74, 6) is 1.10. The van der Waals surface area contributed by atoms with Crippen LogP contribution in [0.2, 0.25) is 0 Å². The van der Waals surface area contributed by atoms with Gasteiger partial charge in [0.05, 0.1) is 5.69 Å². The van der Waals surface area contributed by atoms with E-state index in [1.807, 2.05) is 30.3 Å². The number of amides is 2. The summed E-state index contributed by atoms with van der Waals surface area (Å²) in [6.07, 6.45) is 2.32. The molecule has 0 radical (unpaired) electrons. The van der Waals surface area contributed by atoms with Gasteiger partial charge in [0.25, 0.3) is 0 Å². The van der Waals surface area contributed by atoms with Crippen molar-refractivity contribution in [3.63, 3.8) is 0 Å². The van der Waals surface area contributed by atoms with Crippen LogP contribution in [0.3, 0.4) is 0 Å². The minimum absolute atomic E-state index is 0.0929. The Kier molecular flexibility index (Phi) is 6.20. The van der Waals surface area contributed by atoms with E-state index in [-0.39, 0.29) is 6.03 Å². The zero-order chi connectivity index (χ0) is 24.5. The average molecular weight is 480 g/mol. The number of hydrogen-bond donors (Lipinski definition) is 2. The van der Waals surface area contributed by atoms with Gasteiger partial charge < -0.3 is 10.6 Å². The van der Waals surface area contributed by atoms with Crippen LogP contribution in [0.5, 0.6) is 0 Å². The largest absolute Gasteiger partial charge is 0.337 e. The molecule has 3 aromatic carbocycles. The fourth-order valence-corrected chi connectivity index (χ4v) is 6.06. The molecule has 4 atom stereocenters. The van der Waals surface area contributed by atoms with E-state index in [0.717, 1.165) is 30.8 Å². The predicted molar refractivity (Wildman–Crippen MR) is 144 cm³/mol. The maximum absolute atomic E-state index is 12.4. The number of aromatic nitrogens is 2. The molecule has 6 nitrogen and oxygen atoms in total. The first-order chi connectivity index (χ1) is 17.6. The molecule has 2 amide bonds. The molecular weight excluding hydrogens is 446 g/mol. The van der Waals surface area contributed by atoms with Gasteiger partial charge in [-0.2, -0.15) is 5.10 Å². The van der Waals surface area contributed by atoms with E-state index in [4.69, 9.17) is 5.10 Å². The summed E-state index contributed by atoms with van der Waals surface area (Å²) >= 11 is 0. The molecule has 3 aliphatic rings. The lowest BCUT2D eigenvalue weighted by Gasteiger charge is -2.49. The highest BCUT2D eigenvalue weighted by Crippen LogP contribution is 2.42. The van der Waals surface area contributed by atoms with E-state index in [9.17, 15) is 4.79 Å². The maximum Gasteiger partial charge on any atom is 0.315 e. The summed E-state index contributed by atoms with van der Waals surface area (Å²) in [5.41, 5.74) is 4.64. The number of hydrogen-bond acceptors (Lipinski definition) is 3. The van der Waals surface area contributed by atoms with Crippen LogP contribution in [0.15, 0.2) is 78.9 Å². The molecular formula is C30H33N5O. The Morgan fingerprint density at radius 3 is 2.58 bits per heavy atom. The van der Waals surface area contributed by atoms with Gasteiger partial charge in [-0.3, -0.25) is 9.58 Å². The topological polar surface area (TPSA) is 62.2 Å². The van der Waals surface area contributed by atoms with E-state index >= 15 is 0 Å². The number of benzene rings is 3. The molecule has 184 valence electrons. The second-order valence-corrected chi connectivity index (χ2v) is 10.2. The summed E-state index contributed by atoms with van der Waals surface area (Å²) < 4.78 is 2.08. The highest BCUT2D eigenvalue weighted by atomic mass is 16.2. The summed E-state index contributed by atoms with van der Waals surface area (Å²) in [6, 6.07) is 27.7. The molecule has 7 rings (SSSR count). The molecule has 1 aromatic heterocycles. The Morgan fingerprint density at radius 1 is 0.972 bits per heavy atom. The molecule has 2 bridgehead atoms. The van der Waals surface area contributed by atoms with Gasteiger partial charge in [-0.25, -0.2) is 4.79 Å². The minimum Gasteiger partial charge on any atom is -0.337 e. The summed E-state index contributed by atoms with van der Waals surface area (Å²) in [6.45, 7) is 3.37. The third-order valence-corrected chi connectivity index (χ3v) is 8.01. The lowest BCUT2D eigenvalue weighted by Crippen LogP contribution is -2.56. The normalized spacial score (nSPS) is 23.0. The number of rotatable bonds is 6. The molecule has 0 spiro atoms.